The summed E-state index contributed by atoms with van der Waals surface area (Å²) in [4.78, 5) is 12.8. The van der Waals surface area contributed by atoms with Gasteiger partial charge in [0.25, 0.3) is 6.43 Å². The number of likely N-dealkylation sites (tertiary alicyclic amines) is 1. The number of carbonyl (C=O) groups excluding carboxylic acids is 1. The second kappa shape index (κ2) is 5.97. The number of carbonyl (C=O) groups is 1. The lowest BCUT2D eigenvalue weighted by Crippen LogP contribution is -2.40. The predicted molar refractivity (Wildman–Crippen MR) is 65.7 cm³/mol. The number of amides is 1. The number of benzene rings is 1. The zero-order valence-electron chi connectivity index (χ0n) is 10.3. The maximum absolute atomic E-state index is 12.8. The van der Waals surface area contributed by atoms with Crippen LogP contribution in [0, 0.1) is 0 Å². The molecule has 1 aromatic rings. The summed E-state index contributed by atoms with van der Waals surface area (Å²) < 4.78 is 30.6. The van der Waals surface area contributed by atoms with Gasteiger partial charge in [-0.25, -0.2) is 13.6 Å². The Balaban J connectivity index is 1.92. The van der Waals surface area contributed by atoms with Gasteiger partial charge in [0.15, 0.2) is 0 Å². The average Bonchev–Trinajstić information content (AvgIpc) is 2.79. The van der Waals surface area contributed by atoms with Gasteiger partial charge in [0, 0.05) is 12.6 Å². The van der Waals surface area contributed by atoms with E-state index in [4.69, 9.17) is 10.5 Å². The van der Waals surface area contributed by atoms with E-state index in [0.29, 0.717) is 0 Å². The van der Waals surface area contributed by atoms with Gasteiger partial charge in [-0.15, -0.1) is 0 Å². The van der Waals surface area contributed by atoms with E-state index in [1.807, 2.05) is 18.2 Å². The number of alkyl halides is 2. The van der Waals surface area contributed by atoms with Crippen LogP contribution >= 0.6 is 0 Å². The molecule has 1 heterocycles. The van der Waals surface area contributed by atoms with Gasteiger partial charge in [-0.05, 0) is 12.0 Å². The van der Waals surface area contributed by atoms with Crippen molar-refractivity contribution in [3.8, 4) is 0 Å². The minimum Gasteiger partial charge on any atom is -0.445 e. The fraction of sp³-hybridized carbons (Fsp3) is 0.462. The normalized spacial score (nSPS) is 22.8. The number of halogens is 2. The fourth-order valence-corrected chi connectivity index (χ4v) is 2.15. The second-order valence-electron chi connectivity index (χ2n) is 4.59. The van der Waals surface area contributed by atoms with Crippen LogP contribution in [0.25, 0.3) is 0 Å². The van der Waals surface area contributed by atoms with Crippen molar-refractivity contribution in [2.24, 2.45) is 5.73 Å². The van der Waals surface area contributed by atoms with Crippen molar-refractivity contribution in [1.29, 1.82) is 0 Å². The van der Waals surface area contributed by atoms with E-state index >= 15 is 0 Å². The first kappa shape index (κ1) is 13.7. The lowest BCUT2D eigenvalue weighted by atomic mass is 10.2. The van der Waals surface area contributed by atoms with Crippen LogP contribution in [-0.4, -0.2) is 36.0 Å². The molecule has 0 aromatic heterocycles. The summed E-state index contributed by atoms with van der Waals surface area (Å²) in [5, 5.41) is 0. The van der Waals surface area contributed by atoms with Crippen molar-refractivity contribution >= 4 is 6.09 Å². The molecule has 2 rings (SSSR count). The summed E-state index contributed by atoms with van der Waals surface area (Å²) in [7, 11) is 0. The van der Waals surface area contributed by atoms with Crippen LogP contribution in [-0.2, 0) is 11.3 Å². The average molecular weight is 270 g/mol. The minimum absolute atomic E-state index is 0.0708. The molecule has 0 radical (unpaired) electrons. The minimum atomic E-state index is -2.60. The van der Waals surface area contributed by atoms with E-state index in [-0.39, 0.29) is 19.6 Å². The Bertz CT molecular complexity index is 428. The number of hydrogen-bond acceptors (Lipinski definition) is 3. The first-order chi connectivity index (χ1) is 9.08. The summed E-state index contributed by atoms with van der Waals surface area (Å²) in [6.45, 7) is 0.185. The Morgan fingerprint density at radius 1 is 1.42 bits per heavy atom. The van der Waals surface area contributed by atoms with Gasteiger partial charge in [0.2, 0.25) is 0 Å². The number of rotatable bonds is 3. The molecule has 19 heavy (non-hydrogen) atoms. The first-order valence-electron chi connectivity index (χ1n) is 6.09. The highest BCUT2D eigenvalue weighted by Crippen LogP contribution is 2.23. The van der Waals surface area contributed by atoms with Crippen LogP contribution in [0.5, 0.6) is 0 Å². The number of ether oxygens (including phenoxy) is 1. The predicted octanol–water partition coefficient (Wildman–Crippen LogP) is 1.99. The lowest BCUT2D eigenvalue weighted by Gasteiger charge is -2.23. The van der Waals surface area contributed by atoms with Gasteiger partial charge in [-0.3, -0.25) is 4.90 Å². The van der Waals surface area contributed by atoms with E-state index < -0.39 is 24.6 Å². The molecule has 1 amide bonds. The van der Waals surface area contributed by atoms with Crippen molar-refractivity contribution in [3.63, 3.8) is 0 Å². The number of nitrogens with two attached hydrogens (primary N) is 1. The number of hydrogen-bond donors (Lipinski definition) is 1. The van der Waals surface area contributed by atoms with Crippen molar-refractivity contribution in [2.75, 3.05) is 6.54 Å². The lowest BCUT2D eigenvalue weighted by molar-refractivity contribution is 0.0322. The van der Waals surface area contributed by atoms with Crippen LogP contribution in [0.1, 0.15) is 12.0 Å². The van der Waals surface area contributed by atoms with Crippen molar-refractivity contribution < 1.29 is 18.3 Å². The third-order valence-electron chi connectivity index (χ3n) is 3.11. The molecular weight excluding hydrogens is 254 g/mol. The molecule has 1 aromatic carbocycles. The number of nitrogens with zero attached hydrogens (tertiary/aromatic N) is 1. The van der Waals surface area contributed by atoms with E-state index in [9.17, 15) is 13.6 Å². The van der Waals surface area contributed by atoms with Crippen LogP contribution in [0.2, 0.25) is 0 Å². The van der Waals surface area contributed by atoms with E-state index in [1.54, 1.807) is 12.1 Å². The zero-order chi connectivity index (χ0) is 13.8. The largest absolute Gasteiger partial charge is 0.445 e. The van der Waals surface area contributed by atoms with Gasteiger partial charge in [-0.1, -0.05) is 30.3 Å². The summed E-state index contributed by atoms with van der Waals surface area (Å²) in [6.07, 6.45) is -3.22. The first-order valence-corrected chi connectivity index (χ1v) is 6.09. The molecule has 4 nitrogen and oxygen atoms in total. The van der Waals surface area contributed by atoms with Crippen LogP contribution in [0.3, 0.4) is 0 Å². The van der Waals surface area contributed by atoms with Crippen LogP contribution in [0.4, 0.5) is 13.6 Å². The molecule has 0 saturated carbocycles. The SMILES string of the molecule is NC1C[C@H](C(F)F)N(C(=O)OCc2ccccc2)C1. The van der Waals surface area contributed by atoms with Gasteiger partial charge >= 0.3 is 6.09 Å². The Hall–Kier alpha value is -1.69. The van der Waals surface area contributed by atoms with Crippen molar-refractivity contribution in [1.82, 2.24) is 4.90 Å². The molecule has 6 heteroatoms. The zero-order valence-corrected chi connectivity index (χ0v) is 10.3. The molecule has 0 bridgehead atoms. The molecule has 1 fully saturated rings. The molecular formula is C13H16F2N2O2. The van der Waals surface area contributed by atoms with Crippen LogP contribution < -0.4 is 5.73 Å². The van der Waals surface area contributed by atoms with Gasteiger partial charge in [0.05, 0.1) is 6.04 Å². The van der Waals surface area contributed by atoms with E-state index in [2.05, 4.69) is 0 Å². The quantitative estimate of drug-likeness (QED) is 0.913. The molecule has 1 aliphatic heterocycles. The van der Waals surface area contributed by atoms with E-state index in [1.165, 1.54) is 0 Å². The highest BCUT2D eigenvalue weighted by molar-refractivity contribution is 5.68. The molecule has 1 aliphatic rings. The maximum Gasteiger partial charge on any atom is 0.410 e. The van der Waals surface area contributed by atoms with Gasteiger partial charge in [-0.2, -0.15) is 0 Å². The third-order valence-corrected chi connectivity index (χ3v) is 3.11. The standard InChI is InChI=1S/C13H16F2N2O2/c14-12(15)11-6-10(16)7-17(11)13(18)19-8-9-4-2-1-3-5-9/h1-5,10-12H,6-8,16H2/t10?,11-/m1/s1. The van der Waals surface area contributed by atoms with Crippen molar-refractivity contribution in [3.05, 3.63) is 35.9 Å². The summed E-state index contributed by atoms with van der Waals surface area (Å²) in [5.41, 5.74) is 6.43. The highest BCUT2D eigenvalue weighted by Gasteiger charge is 2.39. The van der Waals surface area contributed by atoms with Crippen molar-refractivity contribution in [2.45, 2.75) is 31.5 Å². The third kappa shape index (κ3) is 3.41. The van der Waals surface area contributed by atoms with Gasteiger partial charge in [0.1, 0.15) is 6.61 Å². The Kier molecular flexibility index (Phi) is 4.31. The monoisotopic (exact) mass is 270 g/mol. The Morgan fingerprint density at radius 3 is 2.74 bits per heavy atom. The molecule has 0 spiro atoms. The molecule has 0 aliphatic carbocycles. The summed E-state index contributed by atoms with van der Waals surface area (Å²) >= 11 is 0. The van der Waals surface area contributed by atoms with Gasteiger partial charge < -0.3 is 10.5 Å². The second-order valence-corrected chi connectivity index (χ2v) is 4.59. The van der Waals surface area contributed by atoms with E-state index in [0.717, 1.165) is 10.5 Å². The molecule has 104 valence electrons. The topological polar surface area (TPSA) is 55.6 Å². The summed E-state index contributed by atoms with van der Waals surface area (Å²) in [6, 6.07) is 7.52. The Labute approximate surface area is 110 Å². The maximum atomic E-state index is 12.8. The Morgan fingerprint density at radius 2 is 2.11 bits per heavy atom. The smallest absolute Gasteiger partial charge is 0.410 e. The molecule has 1 saturated heterocycles. The highest BCUT2D eigenvalue weighted by atomic mass is 19.3. The molecule has 2 N–H and O–H groups in total. The molecule has 2 atom stereocenters. The van der Waals surface area contributed by atoms with Crippen LogP contribution in [0.15, 0.2) is 30.3 Å². The fourth-order valence-electron chi connectivity index (χ4n) is 2.15. The molecule has 1 unspecified atom stereocenters. The summed E-state index contributed by atoms with van der Waals surface area (Å²) in [5.74, 6) is 0.